The van der Waals surface area contributed by atoms with Crippen LogP contribution in [-0.4, -0.2) is 41.8 Å². The van der Waals surface area contributed by atoms with Crippen LogP contribution in [0, 0.1) is 18.8 Å². The molecule has 3 aromatic carbocycles. The van der Waals surface area contributed by atoms with Crippen molar-refractivity contribution in [1.29, 1.82) is 0 Å². The molecular formula is C32H32N2O4. The summed E-state index contributed by atoms with van der Waals surface area (Å²) in [6.07, 6.45) is 2.73. The van der Waals surface area contributed by atoms with Crippen molar-refractivity contribution < 1.29 is 18.7 Å². The first-order chi connectivity index (χ1) is 18.6. The molecule has 2 heterocycles. The molecule has 0 spiro atoms. The lowest BCUT2D eigenvalue weighted by Gasteiger charge is -2.17. The van der Waals surface area contributed by atoms with Crippen molar-refractivity contribution >= 4 is 12.2 Å². The van der Waals surface area contributed by atoms with Gasteiger partial charge < -0.3 is 18.8 Å². The van der Waals surface area contributed by atoms with Gasteiger partial charge in [0.2, 0.25) is 11.8 Å². The molecule has 1 fully saturated rings. The highest BCUT2D eigenvalue weighted by Gasteiger charge is 2.34. The zero-order chi connectivity index (χ0) is 26.3. The predicted molar refractivity (Wildman–Crippen MR) is 146 cm³/mol. The lowest BCUT2D eigenvalue weighted by molar-refractivity contribution is -0.129. The molecule has 1 aliphatic heterocycles. The molecule has 2 atom stereocenters. The summed E-state index contributed by atoms with van der Waals surface area (Å²) < 4.78 is 11.9. The molecule has 0 unspecified atom stereocenters. The number of rotatable bonds is 10. The van der Waals surface area contributed by atoms with Gasteiger partial charge in [-0.25, -0.2) is 4.98 Å². The third-order valence-corrected chi connectivity index (χ3v) is 7.13. The van der Waals surface area contributed by atoms with Gasteiger partial charge in [0, 0.05) is 31.0 Å². The maximum absolute atomic E-state index is 12.8. The van der Waals surface area contributed by atoms with E-state index >= 15 is 0 Å². The van der Waals surface area contributed by atoms with E-state index in [-0.39, 0.29) is 17.7 Å². The van der Waals surface area contributed by atoms with Crippen LogP contribution in [0.25, 0.3) is 11.5 Å². The number of amides is 1. The van der Waals surface area contributed by atoms with Crippen molar-refractivity contribution in [3.05, 3.63) is 108 Å². The normalized spacial score (nSPS) is 16.9. The average molecular weight is 509 g/mol. The molecule has 1 saturated heterocycles. The number of aromatic nitrogens is 1. The summed E-state index contributed by atoms with van der Waals surface area (Å²) in [5.74, 6) is 2.21. The Bertz CT molecular complexity index is 1370. The third kappa shape index (κ3) is 6.20. The minimum Gasteiger partial charge on any atom is -0.493 e. The second kappa shape index (κ2) is 11.9. The number of hydrogen-bond donors (Lipinski definition) is 0. The Balaban J connectivity index is 1.16. The summed E-state index contributed by atoms with van der Waals surface area (Å²) in [5, 5.41) is 0. The van der Waals surface area contributed by atoms with Crippen LogP contribution < -0.4 is 4.74 Å². The van der Waals surface area contributed by atoms with Gasteiger partial charge in [0.05, 0.1) is 18.7 Å². The first-order valence-electron chi connectivity index (χ1n) is 13.1. The highest BCUT2D eigenvalue weighted by molar-refractivity contribution is 5.79. The number of aldehydes is 1. The van der Waals surface area contributed by atoms with E-state index in [2.05, 4.69) is 11.1 Å². The van der Waals surface area contributed by atoms with Crippen LogP contribution >= 0.6 is 0 Å². The van der Waals surface area contributed by atoms with Crippen LogP contribution in [0.5, 0.6) is 5.75 Å². The molecule has 1 aromatic heterocycles. The maximum Gasteiger partial charge on any atom is 0.227 e. The van der Waals surface area contributed by atoms with Crippen LogP contribution in [-0.2, 0) is 28.9 Å². The summed E-state index contributed by atoms with van der Waals surface area (Å²) in [6.45, 7) is 3.48. The number of hydrogen-bond acceptors (Lipinski definition) is 5. The van der Waals surface area contributed by atoms with Crippen molar-refractivity contribution in [3.8, 4) is 17.2 Å². The lowest BCUT2D eigenvalue weighted by atomic mass is 9.91. The Morgan fingerprint density at radius 1 is 1.00 bits per heavy atom. The number of carbonyl (C=O) groups excluding carboxylic acids is 2. The number of nitrogens with zero attached hydrogens (tertiary/aromatic N) is 2. The molecule has 0 N–H and O–H groups in total. The Hall–Kier alpha value is -4.19. The van der Waals surface area contributed by atoms with Crippen LogP contribution in [0.4, 0.5) is 0 Å². The highest BCUT2D eigenvalue weighted by Crippen LogP contribution is 2.28. The minimum atomic E-state index is -0.159. The molecule has 0 aliphatic carbocycles. The Morgan fingerprint density at radius 3 is 2.50 bits per heavy atom. The van der Waals surface area contributed by atoms with E-state index in [0.717, 1.165) is 46.6 Å². The summed E-state index contributed by atoms with van der Waals surface area (Å²) in [4.78, 5) is 31.2. The van der Waals surface area contributed by atoms with Crippen molar-refractivity contribution in [1.82, 2.24) is 9.88 Å². The molecule has 6 heteroatoms. The molecule has 6 nitrogen and oxygen atoms in total. The van der Waals surface area contributed by atoms with Crippen molar-refractivity contribution in [2.45, 2.75) is 26.2 Å². The van der Waals surface area contributed by atoms with E-state index in [1.54, 1.807) is 0 Å². The number of oxazole rings is 1. The van der Waals surface area contributed by atoms with Crippen molar-refractivity contribution in [2.24, 2.45) is 11.8 Å². The molecule has 0 bridgehead atoms. The van der Waals surface area contributed by atoms with E-state index in [9.17, 15) is 9.59 Å². The second-order valence-electron chi connectivity index (χ2n) is 9.86. The van der Waals surface area contributed by atoms with E-state index < -0.39 is 0 Å². The number of ether oxygens (including phenoxy) is 1. The van der Waals surface area contributed by atoms with Crippen LogP contribution in [0.1, 0.15) is 22.6 Å². The monoisotopic (exact) mass is 508 g/mol. The average Bonchev–Trinajstić information content (AvgIpc) is 3.53. The zero-order valence-electron chi connectivity index (χ0n) is 21.6. The minimum absolute atomic E-state index is 0.0706. The first-order valence-corrected chi connectivity index (χ1v) is 13.1. The molecule has 5 rings (SSSR count). The molecular weight excluding hydrogens is 476 g/mol. The van der Waals surface area contributed by atoms with E-state index in [1.807, 2.05) is 90.7 Å². The van der Waals surface area contributed by atoms with Gasteiger partial charge in [-0.2, -0.15) is 0 Å². The summed E-state index contributed by atoms with van der Waals surface area (Å²) in [7, 11) is 0. The molecule has 1 amide bonds. The number of carbonyl (C=O) groups is 2. The second-order valence-corrected chi connectivity index (χ2v) is 9.86. The van der Waals surface area contributed by atoms with Gasteiger partial charge in [-0.1, -0.05) is 60.7 Å². The fourth-order valence-corrected chi connectivity index (χ4v) is 5.05. The fourth-order valence-electron chi connectivity index (χ4n) is 5.05. The quantitative estimate of drug-likeness (QED) is 0.271. The smallest absolute Gasteiger partial charge is 0.227 e. The van der Waals surface area contributed by atoms with Gasteiger partial charge >= 0.3 is 0 Å². The molecule has 0 saturated carbocycles. The largest absolute Gasteiger partial charge is 0.493 e. The highest BCUT2D eigenvalue weighted by atomic mass is 16.5. The van der Waals surface area contributed by atoms with Gasteiger partial charge in [-0.15, -0.1) is 0 Å². The first kappa shape index (κ1) is 25.5. The van der Waals surface area contributed by atoms with E-state index in [1.165, 1.54) is 0 Å². The summed E-state index contributed by atoms with van der Waals surface area (Å²) >= 11 is 0. The standard InChI is InChI=1S/C32H32N2O4/c1-23-30(33-32(38-23)26-12-6-3-7-13-26)15-16-37-29-14-8-11-25(18-29)17-27-20-34(21-28(27)22-35)31(36)19-24-9-4-2-5-10-24/h2-14,18,22,27-28H,15-17,19-21H2,1H3/t27-,28-/m1/s1. The van der Waals surface area contributed by atoms with Gasteiger partial charge in [0.25, 0.3) is 0 Å². The molecule has 4 aromatic rings. The molecule has 1 aliphatic rings. The Morgan fingerprint density at radius 2 is 1.74 bits per heavy atom. The van der Waals surface area contributed by atoms with Crippen LogP contribution in [0.2, 0.25) is 0 Å². The SMILES string of the molecule is Cc1oc(-c2ccccc2)nc1CCOc1cccc(C[C@@H]2CN(C(=O)Cc3ccccc3)C[C@@H]2C=O)c1. The summed E-state index contributed by atoms with van der Waals surface area (Å²) in [5.41, 5.74) is 3.93. The number of benzene rings is 3. The van der Waals surface area contributed by atoms with Crippen molar-refractivity contribution in [2.75, 3.05) is 19.7 Å². The van der Waals surface area contributed by atoms with Gasteiger partial charge in [0.1, 0.15) is 17.8 Å². The molecule has 38 heavy (non-hydrogen) atoms. The van der Waals surface area contributed by atoms with E-state index in [0.29, 0.717) is 38.4 Å². The van der Waals surface area contributed by atoms with Crippen molar-refractivity contribution in [3.63, 3.8) is 0 Å². The van der Waals surface area contributed by atoms with Gasteiger partial charge in [-0.05, 0) is 54.7 Å². The molecule has 0 radical (unpaired) electrons. The topological polar surface area (TPSA) is 72.6 Å². The lowest BCUT2D eigenvalue weighted by Crippen LogP contribution is -2.30. The van der Waals surface area contributed by atoms with Crippen LogP contribution in [0.3, 0.4) is 0 Å². The predicted octanol–water partition coefficient (Wildman–Crippen LogP) is 5.33. The summed E-state index contributed by atoms with van der Waals surface area (Å²) in [6, 6.07) is 27.6. The van der Waals surface area contributed by atoms with E-state index in [4.69, 9.17) is 9.15 Å². The Labute approximate surface area is 223 Å². The fraction of sp³-hybridized carbons (Fsp3) is 0.281. The van der Waals surface area contributed by atoms with Gasteiger partial charge in [-0.3, -0.25) is 4.79 Å². The Kier molecular flexibility index (Phi) is 7.98. The zero-order valence-corrected chi connectivity index (χ0v) is 21.6. The number of aryl methyl sites for hydroxylation is 1. The van der Waals surface area contributed by atoms with Gasteiger partial charge in [0.15, 0.2) is 0 Å². The van der Waals surface area contributed by atoms with Crippen LogP contribution in [0.15, 0.2) is 89.3 Å². The molecule has 194 valence electrons. The maximum atomic E-state index is 12.8. The third-order valence-electron chi connectivity index (χ3n) is 7.13. The number of likely N-dealkylation sites (tertiary alicyclic amines) is 1.